The number of hydrogen-bond acceptors (Lipinski definition) is 2. The standard InChI is InChI=1S/C42H80N2O2/c1-4-6-8-10-12-14-16-18-20-22-24-26-28-30-32-34-36-38-41(45)43-40(3)44-42(46)39-37-35-33-31-29-27-25-23-21-19-17-15-13-11-9-7-5-2/h18-21,40H,4-17,22-39H2,1-3H3,(H,43,45)(H,44,46)/b20-18-,21-19-. The minimum absolute atomic E-state index is 0.0499. The van der Waals surface area contributed by atoms with E-state index in [-0.39, 0.29) is 18.0 Å². The van der Waals surface area contributed by atoms with Gasteiger partial charge in [-0.25, -0.2) is 0 Å². The molecule has 2 amide bonds. The average Bonchev–Trinajstić information content (AvgIpc) is 3.03. The van der Waals surface area contributed by atoms with Crippen molar-refractivity contribution in [3.05, 3.63) is 24.3 Å². The third-order valence-electron chi connectivity index (χ3n) is 9.09. The summed E-state index contributed by atoms with van der Waals surface area (Å²) in [5.41, 5.74) is 0. The second-order valence-corrected chi connectivity index (χ2v) is 13.9. The van der Waals surface area contributed by atoms with Crippen molar-refractivity contribution in [1.82, 2.24) is 10.6 Å². The van der Waals surface area contributed by atoms with E-state index in [1.807, 2.05) is 6.92 Å². The maximum absolute atomic E-state index is 12.2. The van der Waals surface area contributed by atoms with Gasteiger partial charge in [-0.1, -0.05) is 167 Å². The highest BCUT2D eigenvalue weighted by molar-refractivity contribution is 5.79. The minimum atomic E-state index is -0.292. The molecule has 0 unspecified atom stereocenters. The Kier molecular flexibility index (Phi) is 36.6. The van der Waals surface area contributed by atoms with Crippen LogP contribution in [0.25, 0.3) is 0 Å². The van der Waals surface area contributed by atoms with Gasteiger partial charge >= 0.3 is 0 Å². The summed E-state index contributed by atoms with van der Waals surface area (Å²) in [6.45, 7) is 6.41. The van der Waals surface area contributed by atoms with Crippen molar-refractivity contribution in [2.75, 3.05) is 0 Å². The molecule has 0 aliphatic rings. The summed E-state index contributed by atoms with van der Waals surface area (Å²) in [7, 11) is 0. The number of unbranched alkanes of at least 4 members (excludes halogenated alkanes) is 26. The number of nitrogens with one attached hydrogen (secondary N) is 2. The number of carbonyl (C=O) groups excluding carboxylic acids is 2. The van der Waals surface area contributed by atoms with Crippen molar-refractivity contribution in [2.45, 2.75) is 232 Å². The van der Waals surface area contributed by atoms with E-state index >= 15 is 0 Å². The first-order chi connectivity index (χ1) is 22.6. The van der Waals surface area contributed by atoms with E-state index in [1.165, 1.54) is 167 Å². The van der Waals surface area contributed by atoms with Crippen molar-refractivity contribution in [3.63, 3.8) is 0 Å². The molecule has 0 aliphatic heterocycles. The number of carbonyl (C=O) groups is 2. The molecule has 0 aliphatic carbocycles. The molecule has 4 heteroatoms. The molecular weight excluding hydrogens is 564 g/mol. The molecule has 0 aromatic carbocycles. The zero-order chi connectivity index (χ0) is 33.6. The van der Waals surface area contributed by atoms with Crippen LogP contribution in [0.1, 0.15) is 226 Å². The van der Waals surface area contributed by atoms with E-state index in [0.29, 0.717) is 12.8 Å². The van der Waals surface area contributed by atoms with E-state index < -0.39 is 0 Å². The third-order valence-corrected chi connectivity index (χ3v) is 9.09. The van der Waals surface area contributed by atoms with Gasteiger partial charge in [0.2, 0.25) is 11.8 Å². The topological polar surface area (TPSA) is 58.2 Å². The van der Waals surface area contributed by atoms with E-state index in [1.54, 1.807) is 0 Å². The lowest BCUT2D eigenvalue weighted by molar-refractivity contribution is -0.124. The fourth-order valence-corrected chi connectivity index (χ4v) is 6.08. The monoisotopic (exact) mass is 645 g/mol. The second-order valence-electron chi connectivity index (χ2n) is 13.9. The van der Waals surface area contributed by atoms with E-state index in [2.05, 4.69) is 48.8 Å². The molecule has 0 saturated heterocycles. The molecule has 0 saturated carbocycles. The summed E-state index contributed by atoms with van der Waals surface area (Å²) in [6.07, 6.45) is 48.8. The SMILES string of the molecule is CCCCCCCC/C=C\CCCCCCCCCC(=O)NC(C)NC(=O)CCCCCCCCC/C=C\CCCCCCCC. The van der Waals surface area contributed by atoms with Crippen molar-refractivity contribution in [1.29, 1.82) is 0 Å². The number of amides is 2. The predicted octanol–water partition coefficient (Wildman–Crippen LogP) is 13.2. The zero-order valence-corrected chi connectivity index (χ0v) is 31.3. The summed E-state index contributed by atoms with van der Waals surface area (Å²) in [5, 5.41) is 5.88. The first-order valence-corrected chi connectivity index (χ1v) is 20.5. The summed E-state index contributed by atoms with van der Waals surface area (Å²) >= 11 is 0. The van der Waals surface area contributed by atoms with Gasteiger partial charge in [0.15, 0.2) is 0 Å². The van der Waals surface area contributed by atoms with Crippen LogP contribution >= 0.6 is 0 Å². The Morgan fingerprint density at radius 3 is 0.913 bits per heavy atom. The number of rotatable bonds is 36. The van der Waals surface area contributed by atoms with Crippen LogP contribution in [0.4, 0.5) is 0 Å². The molecule has 0 fully saturated rings. The van der Waals surface area contributed by atoms with Gasteiger partial charge in [-0.3, -0.25) is 9.59 Å². The molecule has 0 aromatic rings. The Bertz CT molecular complexity index is 644. The Balaban J connectivity index is 3.44. The van der Waals surface area contributed by atoms with E-state index in [9.17, 15) is 9.59 Å². The van der Waals surface area contributed by atoms with Gasteiger partial charge in [-0.2, -0.15) is 0 Å². The molecule has 0 heterocycles. The lowest BCUT2D eigenvalue weighted by Gasteiger charge is -2.16. The normalized spacial score (nSPS) is 11.7. The van der Waals surface area contributed by atoms with Crippen LogP contribution in [0.5, 0.6) is 0 Å². The molecular formula is C42H80N2O2. The van der Waals surface area contributed by atoms with Gasteiger partial charge in [0.25, 0.3) is 0 Å². The highest BCUT2D eigenvalue weighted by atomic mass is 16.2. The molecule has 4 nitrogen and oxygen atoms in total. The van der Waals surface area contributed by atoms with Crippen LogP contribution in [0, 0.1) is 0 Å². The molecule has 0 radical (unpaired) electrons. The van der Waals surface area contributed by atoms with E-state index in [4.69, 9.17) is 0 Å². The largest absolute Gasteiger partial charge is 0.336 e. The number of allylic oxidation sites excluding steroid dienone is 4. The molecule has 0 rings (SSSR count). The summed E-state index contributed by atoms with van der Waals surface area (Å²) in [4.78, 5) is 24.5. The first kappa shape index (κ1) is 44.4. The van der Waals surface area contributed by atoms with Crippen molar-refractivity contribution < 1.29 is 9.59 Å². The summed E-state index contributed by atoms with van der Waals surface area (Å²) in [6, 6.07) is 0. The Hall–Kier alpha value is -1.58. The summed E-state index contributed by atoms with van der Waals surface area (Å²) < 4.78 is 0. The highest BCUT2D eigenvalue weighted by Crippen LogP contribution is 2.13. The molecule has 46 heavy (non-hydrogen) atoms. The Morgan fingerprint density at radius 2 is 0.630 bits per heavy atom. The fraction of sp³-hybridized carbons (Fsp3) is 0.857. The quantitative estimate of drug-likeness (QED) is 0.0405. The van der Waals surface area contributed by atoms with Crippen LogP contribution < -0.4 is 10.6 Å². The minimum Gasteiger partial charge on any atom is -0.336 e. The molecule has 0 atom stereocenters. The van der Waals surface area contributed by atoms with Crippen LogP contribution in [-0.2, 0) is 9.59 Å². The molecule has 0 spiro atoms. The second kappa shape index (κ2) is 37.9. The predicted molar refractivity (Wildman–Crippen MR) is 203 cm³/mol. The van der Waals surface area contributed by atoms with Gasteiger partial charge < -0.3 is 10.6 Å². The van der Waals surface area contributed by atoms with Gasteiger partial charge in [0.1, 0.15) is 0 Å². The molecule has 270 valence electrons. The van der Waals surface area contributed by atoms with Crippen molar-refractivity contribution in [3.8, 4) is 0 Å². The van der Waals surface area contributed by atoms with Gasteiger partial charge in [-0.15, -0.1) is 0 Å². The molecule has 2 N–H and O–H groups in total. The number of hydrogen-bond donors (Lipinski definition) is 2. The van der Waals surface area contributed by atoms with Crippen LogP contribution in [-0.4, -0.2) is 18.0 Å². The lowest BCUT2D eigenvalue weighted by Crippen LogP contribution is -2.45. The van der Waals surface area contributed by atoms with Crippen LogP contribution in [0.3, 0.4) is 0 Å². The molecule has 0 bridgehead atoms. The molecule has 0 aromatic heterocycles. The maximum Gasteiger partial charge on any atom is 0.221 e. The zero-order valence-electron chi connectivity index (χ0n) is 31.3. The summed E-state index contributed by atoms with van der Waals surface area (Å²) in [5.74, 6) is 0.0997. The smallest absolute Gasteiger partial charge is 0.221 e. The average molecular weight is 645 g/mol. The van der Waals surface area contributed by atoms with Gasteiger partial charge in [0, 0.05) is 12.8 Å². The lowest BCUT2D eigenvalue weighted by atomic mass is 10.1. The third kappa shape index (κ3) is 36.9. The Morgan fingerprint density at radius 1 is 0.391 bits per heavy atom. The highest BCUT2D eigenvalue weighted by Gasteiger charge is 2.10. The van der Waals surface area contributed by atoms with E-state index in [0.717, 1.165) is 25.7 Å². The van der Waals surface area contributed by atoms with Gasteiger partial charge in [0.05, 0.1) is 6.17 Å². The fourth-order valence-electron chi connectivity index (χ4n) is 6.08. The first-order valence-electron chi connectivity index (χ1n) is 20.5. The van der Waals surface area contributed by atoms with Gasteiger partial charge in [-0.05, 0) is 71.1 Å². The van der Waals surface area contributed by atoms with Crippen LogP contribution in [0.15, 0.2) is 24.3 Å². The van der Waals surface area contributed by atoms with Crippen molar-refractivity contribution >= 4 is 11.8 Å². The maximum atomic E-state index is 12.2. The van der Waals surface area contributed by atoms with Crippen molar-refractivity contribution in [2.24, 2.45) is 0 Å². The van der Waals surface area contributed by atoms with Crippen LogP contribution in [0.2, 0.25) is 0 Å². The Labute approximate surface area is 288 Å².